The van der Waals surface area contributed by atoms with Gasteiger partial charge in [-0.25, -0.2) is 4.90 Å². The molecule has 5 aliphatic rings. The van der Waals surface area contributed by atoms with E-state index in [-0.39, 0.29) is 18.4 Å². The van der Waals surface area contributed by atoms with E-state index in [0.29, 0.717) is 26.4 Å². The van der Waals surface area contributed by atoms with E-state index in [1.165, 1.54) is 6.42 Å². The number of hydrogen-bond acceptors (Lipinski definition) is 7. The standard InChI is InChI=1S/C23H32N2O5/c1-4-10-24(11-5-1)23(20-9-3-7-14-28-20)22(19-8-2-6-13-27-19)30-15-12-25(23)21-18-26-16-17-29-21/h2,6-9,13-14,19,21-22H,1,3-5,10-12,15-18H2. The van der Waals surface area contributed by atoms with Crippen molar-refractivity contribution in [3.63, 3.8) is 0 Å². The maximum atomic E-state index is 6.53. The summed E-state index contributed by atoms with van der Waals surface area (Å²) in [6.07, 6.45) is 17.6. The van der Waals surface area contributed by atoms with Gasteiger partial charge in [-0.15, -0.1) is 0 Å². The Labute approximate surface area is 178 Å². The van der Waals surface area contributed by atoms with Crippen molar-refractivity contribution in [2.45, 2.75) is 49.8 Å². The Balaban J connectivity index is 1.61. The Morgan fingerprint density at radius 3 is 2.60 bits per heavy atom. The molecular weight excluding hydrogens is 384 g/mol. The van der Waals surface area contributed by atoms with Crippen molar-refractivity contribution in [1.29, 1.82) is 0 Å². The minimum absolute atomic E-state index is 0.148. The first-order chi connectivity index (χ1) is 14.9. The Bertz CT molecular complexity index is 708. The molecule has 0 amide bonds. The lowest BCUT2D eigenvalue weighted by Gasteiger charge is -2.60. The van der Waals surface area contributed by atoms with Gasteiger partial charge in [-0.2, -0.15) is 0 Å². The van der Waals surface area contributed by atoms with Gasteiger partial charge in [0.15, 0.2) is 5.66 Å². The van der Waals surface area contributed by atoms with Crippen LogP contribution in [0.25, 0.3) is 0 Å². The first kappa shape index (κ1) is 20.3. The first-order valence-corrected chi connectivity index (χ1v) is 11.2. The van der Waals surface area contributed by atoms with Crippen molar-refractivity contribution in [3.05, 3.63) is 48.7 Å². The number of nitrogens with zero attached hydrogens (tertiary/aromatic N) is 2. The van der Waals surface area contributed by atoms with Crippen LogP contribution >= 0.6 is 0 Å². The molecule has 4 unspecified atom stereocenters. The Morgan fingerprint density at radius 1 is 0.933 bits per heavy atom. The van der Waals surface area contributed by atoms with E-state index in [1.54, 1.807) is 12.5 Å². The van der Waals surface area contributed by atoms with Gasteiger partial charge >= 0.3 is 0 Å². The largest absolute Gasteiger partial charge is 0.491 e. The summed E-state index contributed by atoms with van der Waals surface area (Å²) in [4.78, 5) is 4.96. The Kier molecular flexibility index (Phi) is 6.24. The van der Waals surface area contributed by atoms with Crippen molar-refractivity contribution in [1.82, 2.24) is 9.80 Å². The normalized spacial score (nSPS) is 38.0. The molecule has 7 nitrogen and oxygen atoms in total. The molecule has 4 atom stereocenters. The van der Waals surface area contributed by atoms with Gasteiger partial charge in [0.25, 0.3) is 0 Å². The number of piperidine rings is 1. The Hall–Kier alpha value is -1.64. The first-order valence-electron chi connectivity index (χ1n) is 11.2. The summed E-state index contributed by atoms with van der Waals surface area (Å²) in [5.41, 5.74) is -0.616. The molecule has 0 N–H and O–H groups in total. The summed E-state index contributed by atoms with van der Waals surface area (Å²) >= 11 is 0. The molecule has 3 saturated heterocycles. The van der Waals surface area contributed by atoms with Gasteiger partial charge in [0.2, 0.25) is 0 Å². The number of hydrogen-bond donors (Lipinski definition) is 0. The molecular formula is C23H32N2O5. The van der Waals surface area contributed by atoms with Gasteiger partial charge in [-0.3, -0.25) is 4.90 Å². The van der Waals surface area contributed by atoms with Crippen molar-refractivity contribution in [3.8, 4) is 0 Å². The molecule has 0 saturated carbocycles. The number of allylic oxidation sites excluding steroid dienone is 4. The van der Waals surface area contributed by atoms with E-state index < -0.39 is 5.66 Å². The van der Waals surface area contributed by atoms with E-state index in [0.717, 1.165) is 44.7 Å². The molecule has 5 heterocycles. The fourth-order valence-electron chi connectivity index (χ4n) is 5.31. The number of likely N-dealkylation sites (tertiary alicyclic amines) is 1. The monoisotopic (exact) mass is 416 g/mol. The molecule has 0 bridgehead atoms. The number of rotatable bonds is 4. The number of morpholine rings is 1. The lowest BCUT2D eigenvalue weighted by atomic mass is 9.86. The van der Waals surface area contributed by atoms with Crippen molar-refractivity contribution in [2.75, 3.05) is 46.1 Å². The predicted molar refractivity (Wildman–Crippen MR) is 111 cm³/mol. The second-order valence-corrected chi connectivity index (χ2v) is 8.27. The summed E-state index contributed by atoms with van der Waals surface area (Å²) in [6, 6.07) is 0. The van der Waals surface area contributed by atoms with Crippen LogP contribution in [-0.4, -0.2) is 80.0 Å². The van der Waals surface area contributed by atoms with Crippen LogP contribution in [0.3, 0.4) is 0 Å². The molecule has 0 aromatic rings. The second-order valence-electron chi connectivity index (χ2n) is 8.27. The maximum absolute atomic E-state index is 6.53. The molecule has 5 aliphatic heterocycles. The van der Waals surface area contributed by atoms with Gasteiger partial charge < -0.3 is 23.7 Å². The van der Waals surface area contributed by atoms with Crippen LogP contribution < -0.4 is 0 Å². The molecule has 5 rings (SSSR count). The smallest absolute Gasteiger partial charge is 0.166 e. The number of ether oxygens (including phenoxy) is 5. The fourth-order valence-corrected chi connectivity index (χ4v) is 5.31. The van der Waals surface area contributed by atoms with Gasteiger partial charge in [-0.05, 0) is 43.6 Å². The molecule has 7 heteroatoms. The van der Waals surface area contributed by atoms with E-state index in [9.17, 15) is 0 Å². The summed E-state index contributed by atoms with van der Waals surface area (Å²) in [5.74, 6) is 0.914. The quantitative estimate of drug-likeness (QED) is 0.698. The van der Waals surface area contributed by atoms with E-state index in [2.05, 4.69) is 22.0 Å². The summed E-state index contributed by atoms with van der Waals surface area (Å²) < 4.78 is 30.9. The van der Waals surface area contributed by atoms with E-state index >= 15 is 0 Å². The van der Waals surface area contributed by atoms with Crippen LogP contribution in [0.4, 0.5) is 0 Å². The van der Waals surface area contributed by atoms with Crippen LogP contribution in [0, 0.1) is 0 Å². The van der Waals surface area contributed by atoms with Crippen LogP contribution in [-0.2, 0) is 23.7 Å². The lowest BCUT2D eigenvalue weighted by molar-refractivity contribution is -0.276. The van der Waals surface area contributed by atoms with E-state index in [1.807, 2.05) is 18.2 Å². The minimum atomic E-state index is -0.616. The average Bonchev–Trinajstić information content (AvgIpc) is 2.85. The highest BCUT2D eigenvalue weighted by Crippen LogP contribution is 2.44. The van der Waals surface area contributed by atoms with Gasteiger partial charge in [0.1, 0.15) is 24.2 Å². The third-order valence-electron chi connectivity index (χ3n) is 6.57. The zero-order chi connectivity index (χ0) is 20.2. The maximum Gasteiger partial charge on any atom is 0.166 e. The zero-order valence-electron chi connectivity index (χ0n) is 17.5. The highest BCUT2D eigenvalue weighted by molar-refractivity contribution is 5.27. The predicted octanol–water partition coefficient (Wildman–Crippen LogP) is 2.53. The molecule has 164 valence electrons. The molecule has 0 aliphatic carbocycles. The van der Waals surface area contributed by atoms with Crippen molar-refractivity contribution in [2.24, 2.45) is 0 Å². The summed E-state index contributed by atoms with van der Waals surface area (Å²) in [5, 5.41) is 0. The SMILES string of the molecule is C1=COC(C2OCCN(C3COCCO3)C2(C2=CCC=CO2)N2CCCCC2)C=C1. The second kappa shape index (κ2) is 9.24. The molecule has 0 radical (unpaired) electrons. The van der Waals surface area contributed by atoms with Gasteiger partial charge in [0.05, 0.1) is 39.0 Å². The van der Waals surface area contributed by atoms with Crippen LogP contribution in [0.5, 0.6) is 0 Å². The topological polar surface area (TPSA) is 52.6 Å². The molecule has 0 spiro atoms. The lowest BCUT2D eigenvalue weighted by Crippen LogP contribution is -2.77. The van der Waals surface area contributed by atoms with Crippen molar-refractivity contribution >= 4 is 0 Å². The molecule has 3 fully saturated rings. The highest BCUT2D eigenvalue weighted by atomic mass is 16.6. The third-order valence-corrected chi connectivity index (χ3v) is 6.57. The van der Waals surface area contributed by atoms with Crippen LogP contribution in [0.2, 0.25) is 0 Å². The van der Waals surface area contributed by atoms with Crippen molar-refractivity contribution < 1.29 is 23.7 Å². The third kappa shape index (κ3) is 3.63. The fraction of sp³-hybridized carbons (Fsp3) is 0.652. The molecule has 0 aromatic carbocycles. The van der Waals surface area contributed by atoms with Gasteiger partial charge in [0, 0.05) is 19.6 Å². The molecule has 0 aromatic heterocycles. The van der Waals surface area contributed by atoms with Crippen LogP contribution in [0.1, 0.15) is 25.7 Å². The van der Waals surface area contributed by atoms with Gasteiger partial charge in [-0.1, -0.05) is 12.5 Å². The van der Waals surface area contributed by atoms with Crippen LogP contribution in [0.15, 0.2) is 48.7 Å². The highest BCUT2D eigenvalue weighted by Gasteiger charge is 2.60. The Morgan fingerprint density at radius 2 is 1.87 bits per heavy atom. The summed E-state index contributed by atoms with van der Waals surface area (Å²) in [7, 11) is 0. The average molecular weight is 417 g/mol. The summed E-state index contributed by atoms with van der Waals surface area (Å²) in [6.45, 7) is 5.12. The zero-order valence-corrected chi connectivity index (χ0v) is 17.5. The minimum Gasteiger partial charge on any atom is -0.491 e. The van der Waals surface area contributed by atoms with E-state index in [4.69, 9.17) is 23.7 Å². The molecule has 30 heavy (non-hydrogen) atoms.